The second-order valence-electron chi connectivity index (χ2n) is 3.18. The van der Waals surface area contributed by atoms with Crippen molar-refractivity contribution in [3.8, 4) is 0 Å². The summed E-state index contributed by atoms with van der Waals surface area (Å²) in [7, 11) is 0. The van der Waals surface area contributed by atoms with E-state index in [9.17, 15) is 0 Å². The van der Waals surface area contributed by atoms with Gasteiger partial charge in [-0.25, -0.2) is 0 Å². The lowest BCUT2D eigenvalue weighted by Crippen LogP contribution is -1.83. The predicted molar refractivity (Wildman–Crippen MR) is 67.9 cm³/mol. The van der Waals surface area contributed by atoms with E-state index in [-0.39, 0.29) is 0 Å². The first-order chi connectivity index (χ1) is 6.76. The quantitative estimate of drug-likeness (QED) is 0.545. The van der Waals surface area contributed by atoms with E-state index in [1.807, 2.05) is 11.3 Å². The molecule has 2 aromatic rings. The molecule has 0 amide bonds. The predicted octanol–water partition coefficient (Wildman–Crippen LogP) is 4.67. The van der Waals surface area contributed by atoms with E-state index in [0.29, 0.717) is 5.88 Å². The molecule has 0 aliphatic carbocycles. The van der Waals surface area contributed by atoms with Gasteiger partial charge in [0.05, 0.1) is 4.21 Å². The summed E-state index contributed by atoms with van der Waals surface area (Å²) in [6.45, 7) is 2.12. The van der Waals surface area contributed by atoms with Gasteiger partial charge in [0.25, 0.3) is 0 Å². The maximum Gasteiger partial charge on any atom is 0.0608 e. The Labute approximate surface area is 97.3 Å². The number of thioether (sulfide) groups is 1. The monoisotopic (exact) mass is 242 g/mol. The average Bonchev–Trinajstić information content (AvgIpc) is 2.60. The Bertz CT molecular complexity index is 460. The minimum Gasteiger partial charge on any atom is -0.129 e. The molecule has 0 bridgehead atoms. The van der Waals surface area contributed by atoms with E-state index in [4.69, 9.17) is 11.6 Å². The van der Waals surface area contributed by atoms with Crippen molar-refractivity contribution in [3.05, 3.63) is 29.3 Å². The number of halogens is 1. The van der Waals surface area contributed by atoms with Crippen LogP contribution >= 0.6 is 34.7 Å². The van der Waals surface area contributed by atoms with Crippen LogP contribution in [0, 0.1) is 6.92 Å². The van der Waals surface area contributed by atoms with Crippen LogP contribution in [-0.4, -0.2) is 6.26 Å². The van der Waals surface area contributed by atoms with Crippen LogP contribution in [-0.2, 0) is 5.88 Å². The third kappa shape index (κ3) is 1.67. The SMILES string of the molecule is CSc1cc2c(CCl)c(C)ccc2s1. The van der Waals surface area contributed by atoms with Crippen LogP contribution in [0.25, 0.3) is 10.1 Å². The van der Waals surface area contributed by atoms with Gasteiger partial charge < -0.3 is 0 Å². The molecule has 0 unspecified atom stereocenters. The third-order valence-electron chi connectivity index (χ3n) is 2.36. The first kappa shape index (κ1) is 10.3. The molecule has 0 fully saturated rings. The van der Waals surface area contributed by atoms with Crippen LogP contribution in [0.2, 0.25) is 0 Å². The number of hydrogen-bond acceptors (Lipinski definition) is 2. The zero-order chi connectivity index (χ0) is 10.1. The van der Waals surface area contributed by atoms with Gasteiger partial charge >= 0.3 is 0 Å². The minimum atomic E-state index is 0.605. The van der Waals surface area contributed by atoms with E-state index in [0.717, 1.165) is 0 Å². The summed E-state index contributed by atoms with van der Waals surface area (Å²) in [6.07, 6.45) is 2.11. The van der Waals surface area contributed by atoms with Crippen molar-refractivity contribution in [2.45, 2.75) is 17.0 Å². The average molecular weight is 243 g/mol. The summed E-state index contributed by atoms with van der Waals surface area (Å²) in [4.78, 5) is 0. The van der Waals surface area contributed by atoms with Crippen molar-refractivity contribution in [2.75, 3.05) is 6.26 Å². The summed E-state index contributed by atoms with van der Waals surface area (Å²) in [6, 6.07) is 6.58. The summed E-state index contributed by atoms with van der Waals surface area (Å²) in [5.74, 6) is 0.605. The number of aryl methyl sites for hydroxylation is 1. The zero-order valence-corrected chi connectivity index (χ0v) is 10.5. The highest BCUT2D eigenvalue weighted by atomic mass is 35.5. The van der Waals surface area contributed by atoms with Crippen LogP contribution in [0.4, 0.5) is 0 Å². The molecule has 2 rings (SSSR count). The summed E-state index contributed by atoms with van der Waals surface area (Å²) < 4.78 is 2.70. The van der Waals surface area contributed by atoms with Gasteiger partial charge in [-0.05, 0) is 41.8 Å². The van der Waals surface area contributed by atoms with Gasteiger partial charge in [-0.3, -0.25) is 0 Å². The summed E-state index contributed by atoms with van der Waals surface area (Å²) in [5.41, 5.74) is 2.57. The van der Waals surface area contributed by atoms with Crippen molar-refractivity contribution in [1.82, 2.24) is 0 Å². The third-order valence-corrected chi connectivity index (χ3v) is 4.79. The first-order valence-electron chi connectivity index (χ1n) is 4.38. The summed E-state index contributed by atoms with van der Waals surface area (Å²) >= 11 is 9.60. The van der Waals surface area contributed by atoms with Gasteiger partial charge in [0.1, 0.15) is 0 Å². The van der Waals surface area contributed by atoms with Gasteiger partial charge in [0.2, 0.25) is 0 Å². The Balaban J connectivity index is 2.73. The normalized spacial score (nSPS) is 11.1. The second-order valence-corrected chi connectivity index (χ2v) is 5.63. The molecule has 1 heterocycles. The van der Waals surface area contributed by atoms with Crippen molar-refractivity contribution in [2.24, 2.45) is 0 Å². The number of fused-ring (bicyclic) bond motifs is 1. The Morgan fingerprint density at radius 3 is 2.86 bits per heavy atom. The fraction of sp³-hybridized carbons (Fsp3) is 0.273. The second kappa shape index (κ2) is 4.13. The van der Waals surface area contributed by atoms with E-state index >= 15 is 0 Å². The van der Waals surface area contributed by atoms with Crippen LogP contribution in [0.15, 0.2) is 22.4 Å². The molecule has 0 atom stereocenters. The molecule has 74 valence electrons. The zero-order valence-electron chi connectivity index (χ0n) is 8.13. The van der Waals surface area contributed by atoms with E-state index in [1.165, 1.54) is 25.4 Å². The molecule has 0 N–H and O–H groups in total. The van der Waals surface area contributed by atoms with Crippen molar-refractivity contribution in [1.29, 1.82) is 0 Å². The van der Waals surface area contributed by atoms with Gasteiger partial charge in [-0.1, -0.05) is 6.07 Å². The van der Waals surface area contributed by atoms with Crippen LogP contribution in [0.3, 0.4) is 0 Å². The first-order valence-corrected chi connectivity index (χ1v) is 6.96. The molecule has 0 radical (unpaired) electrons. The fourth-order valence-corrected chi connectivity index (χ4v) is 3.55. The van der Waals surface area contributed by atoms with Gasteiger partial charge in [-0.15, -0.1) is 34.7 Å². The Kier molecular flexibility index (Phi) is 3.05. The van der Waals surface area contributed by atoms with E-state index in [1.54, 1.807) is 11.8 Å². The molecular weight excluding hydrogens is 232 g/mol. The molecule has 0 nitrogen and oxygen atoms in total. The lowest BCUT2D eigenvalue weighted by Gasteiger charge is -2.02. The summed E-state index contributed by atoms with van der Waals surface area (Å²) in [5, 5.41) is 1.33. The van der Waals surface area contributed by atoms with Crippen LogP contribution in [0.1, 0.15) is 11.1 Å². The Morgan fingerprint density at radius 1 is 1.43 bits per heavy atom. The Hall–Kier alpha value is -0.180. The topological polar surface area (TPSA) is 0 Å². The minimum absolute atomic E-state index is 0.605. The largest absolute Gasteiger partial charge is 0.129 e. The van der Waals surface area contributed by atoms with Gasteiger partial charge in [-0.2, -0.15) is 0 Å². The number of rotatable bonds is 2. The number of benzene rings is 1. The molecule has 0 aliphatic heterocycles. The highest BCUT2D eigenvalue weighted by Crippen LogP contribution is 2.35. The maximum absolute atomic E-state index is 5.96. The van der Waals surface area contributed by atoms with Gasteiger partial charge in [0.15, 0.2) is 0 Å². The number of thiophene rings is 1. The standard InChI is InChI=1S/C11H11ClS2/c1-7-3-4-10-8(9(7)6-12)5-11(13-2)14-10/h3-5H,6H2,1-2H3. The van der Waals surface area contributed by atoms with E-state index in [2.05, 4.69) is 31.4 Å². The molecule has 0 spiro atoms. The molecule has 0 aliphatic rings. The highest BCUT2D eigenvalue weighted by Gasteiger charge is 2.07. The smallest absolute Gasteiger partial charge is 0.0608 e. The fourth-order valence-electron chi connectivity index (χ4n) is 1.53. The molecule has 1 aromatic heterocycles. The van der Waals surface area contributed by atoms with Crippen molar-refractivity contribution < 1.29 is 0 Å². The van der Waals surface area contributed by atoms with Crippen LogP contribution < -0.4 is 0 Å². The molecule has 0 saturated heterocycles. The Morgan fingerprint density at radius 2 is 2.21 bits per heavy atom. The van der Waals surface area contributed by atoms with E-state index < -0.39 is 0 Å². The number of alkyl halides is 1. The van der Waals surface area contributed by atoms with Crippen LogP contribution in [0.5, 0.6) is 0 Å². The lowest BCUT2D eigenvalue weighted by atomic mass is 10.1. The molecular formula is C11H11ClS2. The van der Waals surface area contributed by atoms with Crippen molar-refractivity contribution in [3.63, 3.8) is 0 Å². The van der Waals surface area contributed by atoms with Crippen molar-refractivity contribution >= 4 is 44.8 Å². The highest BCUT2D eigenvalue weighted by molar-refractivity contribution is 8.00. The molecule has 0 saturated carbocycles. The molecule has 14 heavy (non-hydrogen) atoms. The lowest BCUT2D eigenvalue weighted by molar-refractivity contribution is 1.34. The molecule has 3 heteroatoms. The number of hydrogen-bond donors (Lipinski definition) is 0. The maximum atomic E-state index is 5.96. The van der Waals surface area contributed by atoms with Gasteiger partial charge in [0, 0.05) is 10.6 Å². The molecule has 1 aromatic carbocycles.